The minimum atomic E-state index is -0.982. The molecular weight excluding hydrogens is 474 g/mol. The molecule has 1 saturated heterocycles. The summed E-state index contributed by atoms with van der Waals surface area (Å²) < 4.78 is 5.19. The molecule has 1 aromatic carbocycles. The number of hydrogen-bond donors (Lipinski definition) is 2. The fraction of sp³-hybridized carbons (Fsp3) is 0.593. The normalized spacial score (nSPS) is 21.3. The summed E-state index contributed by atoms with van der Waals surface area (Å²) in [7, 11) is 1.57. The van der Waals surface area contributed by atoms with Crippen LogP contribution in [0.15, 0.2) is 24.3 Å². The van der Waals surface area contributed by atoms with Gasteiger partial charge in [-0.05, 0) is 44.7 Å². The number of carbonyl (C=O) groups is 4. The van der Waals surface area contributed by atoms with E-state index < -0.39 is 29.3 Å². The van der Waals surface area contributed by atoms with Gasteiger partial charge in [0.05, 0.1) is 6.42 Å². The van der Waals surface area contributed by atoms with E-state index >= 15 is 0 Å². The Bertz CT molecular complexity index is 1110. The number of amides is 4. The van der Waals surface area contributed by atoms with Crippen LogP contribution in [0.5, 0.6) is 0 Å². The number of carbonyl (C=O) groups excluding carboxylic acids is 4. The number of likely N-dealkylation sites (N-methyl/N-ethyl adjacent to an activating group) is 1. The Morgan fingerprint density at radius 3 is 2.59 bits per heavy atom. The minimum Gasteiger partial charge on any atom is -0.444 e. The Balaban J connectivity index is 1.75. The molecule has 1 fully saturated rings. The van der Waals surface area contributed by atoms with E-state index in [4.69, 9.17) is 11.3 Å². The van der Waals surface area contributed by atoms with E-state index in [9.17, 15) is 19.2 Å². The van der Waals surface area contributed by atoms with Crippen LogP contribution in [0, 0.1) is 12.5 Å². The van der Waals surface area contributed by atoms with Gasteiger partial charge in [-0.2, -0.15) is 0 Å². The van der Waals surface area contributed by atoms with Gasteiger partial charge in [-0.3, -0.25) is 24.1 Å². The van der Waals surface area contributed by atoms with Gasteiger partial charge in [0.2, 0.25) is 11.8 Å². The molecule has 2 aliphatic heterocycles. The number of nitrogens with one attached hydrogen (secondary N) is 2. The van der Waals surface area contributed by atoms with Crippen LogP contribution in [-0.2, 0) is 24.5 Å². The largest absolute Gasteiger partial charge is 0.444 e. The molecule has 0 saturated carbocycles. The van der Waals surface area contributed by atoms with Crippen LogP contribution in [-0.4, -0.2) is 71.6 Å². The van der Waals surface area contributed by atoms with Crippen LogP contribution in [0.2, 0.25) is 0 Å². The second kappa shape index (κ2) is 10.8. The molecule has 2 heterocycles. The Labute approximate surface area is 218 Å². The van der Waals surface area contributed by atoms with Crippen LogP contribution < -0.4 is 10.6 Å². The second-order valence-corrected chi connectivity index (χ2v) is 11.2. The van der Waals surface area contributed by atoms with Gasteiger partial charge in [0, 0.05) is 32.2 Å². The molecule has 37 heavy (non-hydrogen) atoms. The van der Waals surface area contributed by atoms with E-state index in [-0.39, 0.29) is 49.6 Å². The Kier molecular flexibility index (Phi) is 8.16. The number of fused-ring (bicyclic) bond motifs is 2. The molecule has 2 aliphatic rings. The predicted molar refractivity (Wildman–Crippen MR) is 138 cm³/mol. The van der Waals surface area contributed by atoms with Crippen molar-refractivity contribution in [3.05, 3.63) is 41.2 Å². The molecule has 3 rings (SSSR count). The molecule has 10 heteroatoms. The van der Waals surface area contributed by atoms with Crippen LogP contribution >= 0.6 is 0 Å². The topological polar surface area (TPSA) is 112 Å². The summed E-state index contributed by atoms with van der Waals surface area (Å²) in [6.07, 6.45) is -0.829. The third kappa shape index (κ3) is 6.04. The van der Waals surface area contributed by atoms with Gasteiger partial charge in [-0.1, -0.05) is 32.0 Å². The predicted octanol–water partition coefficient (Wildman–Crippen LogP) is 3.14. The zero-order valence-corrected chi connectivity index (χ0v) is 22.5. The zero-order chi connectivity index (χ0) is 27.5. The van der Waals surface area contributed by atoms with Crippen molar-refractivity contribution in [2.45, 2.75) is 77.1 Å². The summed E-state index contributed by atoms with van der Waals surface area (Å²) in [6.45, 7) is 17.1. The maximum atomic E-state index is 13.9. The maximum absolute atomic E-state index is 13.9. The van der Waals surface area contributed by atoms with E-state index in [1.54, 1.807) is 27.8 Å². The first-order chi connectivity index (χ1) is 17.3. The minimum absolute atomic E-state index is 0.0103. The number of alkyl carbamates (subject to hydrolysis) is 1. The van der Waals surface area contributed by atoms with Crippen molar-refractivity contribution in [1.82, 2.24) is 15.1 Å². The number of nitrogens with zero attached hydrogens (tertiary/aromatic N) is 3. The lowest BCUT2D eigenvalue weighted by Gasteiger charge is -2.32. The summed E-state index contributed by atoms with van der Waals surface area (Å²) in [5.74, 6) is -0.773. The number of likely N-dealkylation sites (tertiary alicyclic amines) is 1. The number of hydrogen-bond acceptors (Lipinski definition) is 5. The van der Waals surface area contributed by atoms with Crippen molar-refractivity contribution < 1.29 is 23.9 Å². The molecule has 200 valence electrons. The molecule has 0 aliphatic carbocycles. The van der Waals surface area contributed by atoms with Crippen molar-refractivity contribution in [2.24, 2.45) is 5.92 Å². The van der Waals surface area contributed by atoms with E-state index in [1.807, 2.05) is 38.1 Å². The first kappa shape index (κ1) is 28.0. The lowest BCUT2D eigenvalue weighted by molar-refractivity contribution is -0.145. The van der Waals surface area contributed by atoms with Gasteiger partial charge in [0.25, 0.3) is 5.91 Å². The fourth-order valence-corrected chi connectivity index (χ4v) is 4.95. The molecule has 2 N–H and O–H groups in total. The van der Waals surface area contributed by atoms with Crippen molar-refractivity contribution in [3.63, 3.8) is 0 Å². The van der Waals surface area contributed by atoms with Crippen molar-refractivity contribution in [3.8, 4) is 0 Å². The molecule has 4 amide bonds. The number of para-hydroxylation sites is 1. The third-order valence-electron chi connectivity index (χ3n) is 6.74. The summed E-state index contributed by atoms with van der Waals surface area (Å²) in [4.78, 5) is 58.4. The molecule has 0 aromatic heterocycles. The first-order valence-electron chi connectivity index (χ1n) is 12.6. The van der Waals surface area contributed by atoms with Gasteiger partial charge in [-0.25, -0.2) is 11.4 Å². The number of benzene rings is 1. The zero-order valence-electron chi connectivity index (χ0n) is 22.5. The molecule has 0 bridgehead atoms. The molecule has 0 radical (unpaired) electrons. The molecular formula is C27H37N5O5. The summed E-state index contributed by atoms with van der Waals surface area (Å²) >= 11 is 0. The average molecular weight is 512 g/mol. The highest BCUT2D eigenvalue weighted by atomic mass is 16.6. The summed E-state index contributed by atoms with van der Waals surface area (Å²) in [5, 5.41) is 5.46. The second-order valence-electron chi connectivity index (χ2n) is 11.2. The standard InChI is InChI=1S/C27H37N5O5/c1-17(2)14-20(31(7)22(33)12-13-29-25(36)37-26(3,4)5)23(34)32-16-27(15-21(32)28-6)18-10-8-9-11-19(18)30-24(27)35/h8-11,17,20-21H,12-16H2,1-5,7H3,(H,29,36)(H,30,35)/t20-,21-,27-/m0/s1. The van der Waals surface area contributed by atoms with Gasteiger partial charge in [-0.15, -0.1) is 0 Å². The first-order valence-corrected chi connectivity index (χ1v) is 12.6. The molecule has 0 unspecified atom stereocenters. The highest BCUT2D eigenvalue weighted by Crippen LogP contribution is 2.46. The third-order valence-corrected chi connectivity index (χ3v) is 6.74. The lowest BCUT2D eigenvalue weighted by Crippen LogP contribution is -2.52. The Morgan fingerprint density at radius 2 is 1.97 bits per heavy atom. The molecule has 3 atom stereocenters. The van der Waals surface area contributed by atoms with Gasteiger partial charge >= 0.3 is 12.3 Å². The van der Waals surface area contributed by atoms with Gasteiger partial charge < -0.3 is 20.3 Å². The van der Waals surface area contributed by atoms with Crippen LogP contribution in [0.3, 0.4) is 0 Å². The van der Waals surface area contributed by atoms with E-state index in [0.717, 1.165) is 5.56 Å². The highest BCUT2D eigenvalue weighted by Gasteiger charge is 2.59. The van der Waals surface area contributed by atoms with Crippen LogP contribution in [0.1, 0.15) is 59.4 Å². The van der Waals surface area contributed by atoms with Crippen LogP contribution in [0.4, 0.5) is 10.5 Å². The maximum Gasteiger partial charge on any atom is 0.407 e. The fourth-order valence-electron chi connectivity index (χ4n) is 4.95. The number of anilines is 1. The van der Waals surface area contributed by atoms with Crippen molar-refractivity contribution in [2.75, 3.05) is 25.5 Å². The smallest absolute Gasteiger partial charge is 0.407 e. The Morgan fingerprint density at radius 1 is 1.30 bits per heavy atom. The quantitative estimate of drug-likeness (QED) is 0.546. The summed E-state index contributed by atoms with van der Waals surface area (Å²) in [6, 6.07) is 6.56. The van der Waals surface area contributed by atoms with Crippen molar-refractivity contribution in [1.29, 1.82) is 0 Å². The molecule has 10 nitrogen and oxygen atoms in total. The monoisotopic (exact) mass is 511 g/mol. The number of rotatable bonds is 7. The van der Waals surface area contributed by atoms with E-state index in [0.29, 0.717) is 12.1 Å². The van der Waals surface area contributed by atoms with Crippen molar-refractivity contribution >= 4 is 29.5 Å². The number of ether oxygens (including phenoxy) is 1. The van der Waals surface area contributed by atoms with Crippen LogP contribution in [0.25, 0.3) is 4.85 Å². The van der Waals surface area contributed by atoms with E-state index in [2.05, 4.69) is 15.5 Å². The highest BCUT2D eigenvalue weighted by molar-refractivity contribution is 6.07. The summed E-state index contributed by atoms with van der Waals surface area (Å²) in [5.41, 5.74) is -0.136. The Hall–Kier alpha value is -3.61. The molecule has 1 spiro atoms. The average Bonchev–Trinajstić information content (AvgIpc) is 3.33. The van der Waals surface area contributed by atoms with Gasteiger partial charge in [0.1, 0.15) is 17.1 Å². The van der Waals surface area contributed by atoms with Gasteiger partial charge in [0.15, 0.2) is 0 Å². The van der Waals surface area contributed by atoms with E-state index in [1.165, 1.54) is 9.80 Å². The SMILES string of the molecule is [C-]#[N+][C@@H]1C[C@@]2(CN1C(=O)[C@H](CC(C)C)N(C)C(=O)CCNC(=O)OC(C)(C)C)C(=O)Nc1ccccc12. The lowest BCUT2D eigenvalue weighted by atomic mass is 9.80. The molecule has 1 aromatic rings.